The van der Waals surface area contributed by atoms with Crippen LogP contribution in [0.5, 0.6) is 0 Å². The molecule has 0 unspecified atom stereocenters. The van der Waals surface area contributed by atoms with E-state index in [-0.39, 0.29) is 24.4 Å². The van der Waals surface area contributed by atoms with Gasteiger partial charge in [0.1, 0.15) is 0 Å². The minimum atomic E-state index is -0.0309. The molecule has 6 heteroatoms. The number of rotatable bonds is 10. The maximum Gasteiger partial charge on any atom is 0.224 e. The highest BCUT2D eigenvalue weighted by atomic mass is 35.5. The van der Waals surface area contributed by atoms with Crippen molar-refractivity contribution >= 4 is 29.7 Å². The van der Waals surface area contributed by atoms with E-state index in [2.05, 4.69) is 5.32 Å². The topological polar surface area (TPSA) is 73.6 Å². The third-order valence-corrected chi connectivity index (χ3v) is 3.83. The van der Waals surface area contributed by atoms with Crippen LogP contribution in [0.4, 0.5) is 11.4 Å². The van der Waals surface area contributed by atoms with E-state index in [1.165, 1.54) is 0 Å². The molecular formula is C21H29ClN2O3. The molecule has 27 heavy (non-hydrogen) atoms. The molecule has 148 valence electrons. The summed E-state index contributed by atoms with van der Waals surface area (Å²) in [5.41, 5.74) is 9.41. The van der Waals surface area contributed by atoms with Crippen LogP contribution < -0.4 is 11.1 Å². The zero-order valence-electron chi connectivity index (χ0n) is 15.9. The number of anilines is 2. The molecule has 0 radical (unpaired) electrons. The molecule has 0 spiro atoms. The molecule has 0 aromatic heterocycles. The number of ether oxygens (including phenoxy) is 2. The van der Waals surface area contributed by atoms with E-state index in [1.54, 1.807) is 0 Å². The standard InChI is InChI=1S/C21H28N2O3.ClH/c1-16(2)26-13-12-25-15-17-6-5-8-19(14-17)23-21(24)11-10-18-7-3-4-9-20(18)22;/h3-9,14,16H,10-13,15,22H2,1-2H3,(H,23,24);1H. The maximum atomic E-state index is 12.2. The SMILES string of the molecule is CC(C)OCCOCc1cccc(NC(=O)CCc2ccccc2N)c1.Cl. The van der Waals surface area contributed by atoms with Crippen molar-refractivity contribution in [1.82, 2.24) is 0 Å². The lowest BCUT2D eigenvalue weighted by Gasteiger charge is -2.10. The van der Waals surface area contributed by atoms with Crippen molar-refractivity contribution in [2.45, 2.75) is 39.4 Å². The van der Waals surface area contributed by atoms with Crippen LogP contribution in [0, 0.1) is 0 Å². The molecule has 1 amide bonds. The highest BCUT2D eigenvalue weighted by molar-refractivity contribution is 5.91. The van der Waals surface area contributed by atoms with E-state index in [4.69, 9.17) is 15.2 Å². The van der Waals surface area contributed by atoms with Crippen LogP contribution in [0.15, 0.2) is 48.5 Å². The molecule has 0 heterocycles. The van der Waals surface area contributed by atoms with Crippen LogP contribution in [0.25, 0.3) is 0 Å². The molecule has 0 fully saturated rings. The van der Waals surface area contributed by atoms with Crippen molar-refractivity contribution in [2.24, 2.45) is 0 Å². The predicted octanol–water partition coefficient (Wildman–Crippen LogP) is 4.20. The largest absolute Gasteiger partial charge is 0.399 e. The van der Waals surface area contributed by atoms with E-state index in [9.17, 15) is 4.79 Å². The molecule has 3 N–H and O–H groups in total. The number of halogens is 1. The fourth-order valence-corrected chi connectivity index (χ4v) is 2.51. The Labute approximate surface area is 167 Å². The Kier molecular flexibility index (Phi) is 10.5. The Bertz CT molecular complexity index is 707. The van der Waals surface area contributed by atoms with Crippen LogP contribution in [-0.2, 0) is 27.3 Å². The Morgan fingerprint density at radius 1 is 1.11 bits per heavy atom. The monoisotopic (exact) mass is 392 g/mol. The first-order chi connectivity index (χ1) is 12.5. The van der Waals surface area contributed by atoms with Gasteiger partial charge in [0.05, 0.1) is 25.9 Å². The van der Waals surface area contributed by atoms with Gasteiger partial charge in [-0.3, -0.25) is 4.79 Å². The fraction of sp³-hybridized carbons (Fsp3) is 0.381. The van der Waals surface area contributed by atoms with Gasteiger partial charge in [-0.2, -0.15) is 0 Å². The van der Waals surface area contributed by atoms with Crippen molar-refractivity contribution < 1.29 is 14.3 Å². The third-order valence-electron chi connectivity index (χ3n) is 3.83. The van der Waals surface area contributed by atoms with Crippen LogP contribution >= 0.6 is 12.4 Å². The summed E-state index contributed by atoms with van der Waals surface area (Å²) in [5, 5.41) is 2.93. The summed E-state index contributed by atoms with van der Waals surface area (Å²) in [4.78, 5) is 12.2. The van der Waals surface area contributed by atoms with Gasteiger partial charge in [-0.05, 0) is 49.6 Å². The van der Waals surface area contributed by atoms with Gasteiger partial charge in [0.2, 0.25) is 5.91 Å². The fourth-order valence-electron chi connectivity index (χ4n) is 2.51. The van der Waals surface area contributed by atoms with Gasteiger partial charge in [0, 0.05) is 17.8 Å². The molecule has 0 aliphatic carbocycles. The van der Waals surface area contributed by atoms with Crippen LogP contribution in [0.3, 0.4) is 0 Å². The molecule has 0 aliphatic rings. The number of hydrogen-bond acceptors (Lipinski definition) is 4. The first-order valence-electron chi connectivity index (χ1n) is 8.96. The van der Waals surface area contributed by atoms with Gasteiger partial charge in [0.15, 0.2) is 0 Å². The lowest BCUT2D eigenvalue weighted by atomic mass is 10.1. The minimum Gasteiger partial charge on any atom is -0.399 e. The zero-order valence-corrected chi connectivity index (χ0v) is 16.8. The molecule has 0 aliphatic heterocycles. The molecule has 2 rings (SSSR count). The number of nitrogens with two attached hydrogens (primary N) is 1. The van der Waals surface area contributed by atoms with E-state index < -0.39 is 0 Å². The Morgan fingerprint density at radius 3 is 2.63 bits per heavy atom. The lowest BCUT2D eigenvalue weighted by Crippen LogP contribution is -2.13. The van der Waals surface area contributed by atoms with E-state index >= 15 is 0 Å². The number of aryl methyl sites for hydroxylation is 1. The van der Waals surface area contributed by atoms with E-state index in [0.717, 1.165) is 22.5 Å². The van der Waals surface area contributed by atoms with Crippen molar-refractivity contribution in [3.05, 3.63) is 59.7 Å². The summed E-state index contributed by atoms with van der Waals surface area (Å²) < 4.78 is 11.0. The second-order valence-electron chi connectivity index (χ2n) is 6.42. The van der Waals surface area contributed by atoms with Gasteiger partial charge < -0.3 is 20.5 Å². The summed E-state index contributed by atoms with van der Waals surface area (Å²) in [5.74, 6) is -0.0309. The number of nitrogen functional groups attached to an aromatic ring is 1. The van der Waals surface area contributed by atoms with Gasteiger partial charge in [-0.25, -0.2) is 0 Å². The molecule has 0 atom stereocenters. The molecule has 0 saturated heterocycles. The number of benzene rings is 2. The molecule has 2 aromatic carbocycles. The van der Waals surface area contributed by atoms with Crippen molar-refractivity contribution in [2.75, 3.05) is 24.3 Å². The zero-order chi connectivity index (χ0) is 18.8. The molecule has 5 nitrogen and oxygen atoms in total. The van der Waals surface area contributed by atoms with Gasteiger partial charge in [-0.15, -0.1) is 12.4 Å². The minimum absolute atomic E-state index is 0. The normalized spacial score (nSPS) is 10.5. The first kappa shape index (κ1) is 23.0. The van der Waals surface area contributed by atoms with Crippen molar-refractivity contribution in [3.8, 4) is 0 Å². The van der Waals surface area contributed by atoms with Gasteiger partial charge in [-0.1, -0.05) is 30.3 Å². The number of carbonyl (C=O) groups is 1. The Morgan fingerprint density at radius 2 is 1.89 bits per heavy atom. The summed E-state index contributed by atoms with van der Waals surface area (Å²) in [7, 11) is 0. The summed E-state index contributed by atoms with van der Waals surface area (Å²) in [6, 6.07) is 15.3. The second kappa shape index (κ2) is 12.3. The number of para-hydroxylation sites is 1. The predicted molar refractivity (Wildman–Crippen MR) is 112 cm³/mol. The average Bonchev–Trinajstić information content (AvgIpc) is 2.61. The molecule has 0 bridgehead atoms. The molecular weight excluding hydrogens is 364 g/mol. The highest BCUT2D eigenvalue weighted by Crippen LogP contribution is 2.15. The Hall–Kier alpha value is -2.08. The smallest absolute Gasteiger partial charge is 0.224 e. The summed E-state index contributed by atoms with van der Waals surface area (Å²) in [6.45, 7) is 5.62. The van der Waals surface area contributed by atoms with Gasteiger partial charge in [0.25, 0.3) is 0 Å². The number of hydrogen-bond donors (Lipinski definition) is 2. The number of carbonyl (C=O) groups excluding carboxylic acids is 1. The maximum absolute atomic E-state index is 12.2. The lowest BCUT2D eigenvalue weighted by molar-refractivity contribution is -0.116. The highest BCUT2D eigenvalue weighted by Gasteiger charge is 2.06. The van der Waals surface area contributed by atoms with E-state index in [1.807, 2.05) is 62.4 Å². The third kappa shape index (κ3) is 8.91. The van der Waals surface area contributed by atoms with E-state index in [0.29, 0.717) is 32.7 Å². The van der Waals surface area contributed by atoms with Gasteiger partial charge >= 0.3 is 0 Å². The number of nitrogens with one attached hydrogen (secondary N) is 1. The first-order valence-corrected chi connectivity index (χ1v) is 8.96. The quantitative estimate of drug-likeness (QED) is 0.469. The second-order valence-corrected chi connectivity index (χ2v) is 6.42. The average molecular weight is 393 g/mol. The molecule has 0 saturated carbocycles. The molecule has 2 aromatic rings. The van der Waals surface area contributed by atoms with Crippen molar-refractivity contribution in [1.29, 1.82) is 0 Å². The summed E-state index contributed by atoms with van der Waals surface area (Å²) in [6.07, 6.45) is 1.22. The summed E-state index contributed by atoms with van der Waals surface area (Å²) >= 11 is 0. The van der Waals surface area contributed by atoms with Crippen molar-refractivity contribution in [3.63, 3.8) is 0 Å². The van der Waals surface area contributed by atoms with Crippen LogP contribution in [0.2, 0.25) is 0 Å². The Balaban J connectivity index is 0.00000364. The number of amides is 1. The van der Waals surface area contributed by atoms with Crippen LogP contribution in [0.1, 0.15) is 31.4 Å². The van der Waals surface area contributed by atoms with Crippen LogP contribution in [-0.4, -0.2) is 25.2 Å².